The first kappa shape index (κ1) is 16.9. The van der Waals surface area contributed by atoms with E-state index in [9.17, 15) is 0 Å². The van der Waals surface area contributed by atoms with Crippen LogP contribution in [0.5, 0.6) is 0 Å². The molecule has 0 amide bonds. The molecule has 2 N–H and O–H groups in total. The summed E-state index contributed by atoms with van der Waals surface area (Å²) in [7, 11) is 0. The molecular formula is C18H21N5O3. The van der Waals surface area contributed by atoms with E-state index < -0.39 is 5.54 Å². The van der Waals surface area contributed by atoms with Crippen molar-refractivity contribution in [3.05, 3.63) is 59.3 Å². The van der Waals surface area contributed by atoms with Gasteiger partial charge in [0, 0.05) is 6.92 Å². The zero-order valence-corrected chi connectivity index (χ0v) is 14.6. The monoisotopic (exact) mass is 355 g/mol. The van der Waals surface area contributed by atoms with Crippen molar-refractivity contribution in [2.45, 2.75) is 38.3 Å². The van der Waals surface area contributed by atoms with E-state index >= 15 is 0 Å². The number of hydrogen-bond donors (Lipinski definition) is 1. The number of nitrogens with zero attached hydrogens (tertiary/aromatic N) is 4. The molecule has 2 aromatic heterocycles. The molecule has 8 heteroatoms. The Hall–Kier alpha value is -2.58. The Labute approximate surface area is 150 Å². The molecule has 1 fully saturated rings. The zero-order valence-electron chi connectivity index (χ0n) is 14.6. The minimum atomic E-state index is -0.570. The van der Waals surface area contributed by atoms with Crippen molar-refractivity contribution < 1.29 is 13.8 Å². The van der Waals surface area contributed by atoms with Crippen LogP contribution in [0.4, 0.5) is 0 Å². The molecule has 0 aliphatic heterocycles. The van der Waals surface area contributed by atoms with Gasteiger partial charge in [0.1, 0.15) is 0 Å². The molecule has 1 aliphatic carbocycles. The van der Waals surface area contributed by atoms with Gasteiger partial charge < -0.3 is 19.5 Å². The second-order valence-electron chi connectivity index (χ2n) is 6.85. The first-order chi connectivity index (χ1) is 12.6. The number of nitrogens with two attached hydrogens (primary N) is 1. The lowest BCUT2D eigenvalue weighted by Crippen LogP contribution is -2.50. The third kappa shape index (κ3) is 3.66. The summed E-state index contributed by atoms with van der Waals surface area (Å²) < 4.78 is 16.1. The molecule has 0 atom stereocenters. The van der Waals surface area contributed by atoms with Crippen LogP contribution in [-0.4, -0.2) is 26.9 Å². The molecule has 0 saturated heterocycles. The van der Waals surface area contributed by atoms with E-state index in [0.717, 1.165) is 12.8 Å². The molecule has 4 rings (SSSR count). The minimum Gasteiger partial charge on any atom is -0.376 e. The summed E-state index contributed by atoms with van der Waals surface area (Å²) in [5.41, 5.74) is 7.01. The Morgan fingerprint density at radius 1 is 1.12 bits per heavy atom. The normalized spacial score (nSPS) is 22.3. The first-order valence-electron chi connectivity index (χ1n) is 8.63. The molecule has 26 heavy (non-hydrogen) atoms. The van der Waals surface area contributed by atoms with Crippen molar-refractivity contribution in [3.8, 4) is 0 Å². The van der Waals surface area contributed by atoms with Gasteiger partial charge in [-0.15, -0.1) is 0 Å². The van der Waals surface area contributed by atoms with Crippen molar-refractivity contribution in [1.29, 1.82) is 0 Å². The third-order valence-electron chi connectivity index (χ3n) is 4.55. The van der Waals surface area contributed by atoms with Gasteiger partial charge in [-0.1, -0.05) is 40.6 Å². The van der Waals surface area contributed by atoms with Crippen molar-refractivity contribution >= 4 is 0 Å². The fourth-order valence-electron chi connectivity index (χ4n) is 3.26. The Bertz CT molecular complexity index is 855. The van der Waals surface area contributed by atoms with E-state index in [0.29, 0.717) is 49.0 Å². The Kier molecular flexibility index (Phi) is 4.52. The van der Waals surface area contributed by atoms with E-state index in [1.807, 2.05) is 18.2 Å². The van der Waals surface area contributed by atoms with Gasteiger partial charge in [-0.3, -0.25) is 0 Å². The predicted octanol–water partition coefficient (Wildman–Crippen LogP) is 2.13. The van der Waals surface area contributed by atoms with E-state index in [1.54, 1.807) is 6.92 Å². The fourth-order valence-corrected chi connectivity index (χ4v) is 3.26. The Morgan fingerprint density at radius 3 is 2.58 bits per heavy atom. The molecule has 3 aromatic rings. The van der Waals surface area contributed by atoms with E-state index in [1.165, 1.54) is 5.56 Å². The van der Waals surface area contributed by atoms with Crippen LogP contribution in [0.25, 0.3) is 0 Å². The lowest BCUT2D eigenvalue weighted by molar-refractivity contribution is 0.00994. The van der Waals surface area contributed by atoms with Crippen LogP contribution in [0.2, 0.25) is 0 Å². The highest BCUT2D eigenvalue weighted by molar-refractivity contribution is 5.14. The molecule has 8 nitrogen and oxygen atoms in total. The maximum absolute atomic E-state index is 6.41. The summed E-state index contributed by atoms with van der Waals surface area (Å²) in [5, 5.41) is 7.81. The minimum absolute atomic E-state index is 0.362. The van der Waals surface area contributed by atoms with E-state index in [-0.39, 0.29) is 0 Å². The molecule has 1 saturated carbocycles. The predicted molar refractivity (Wildman–Crippen MR) is 90.8 cm³/mol. The highest BCUT2D eigenvalue weighted by atomic mass is 16.5. The summed E-state index contributed by atoms with van der Waals surface area (Å²) in [5.74, 6) is 2.42. The van der Waals surface area contributed by atoms with Crippen molar-refractivity contribution in [2.24, 2.45) is 11.7 Å². The average molecular weight is 355 g/mol. The number of rotatable bonds is 7. The van der Waals surface area contributed by atoms with E-state index in [2.05, 4.69) is 32.4 Å². The maximum Gasteiger partial charge on any atom is 0.246 e. The topological polar surface area (TPSA) is 113 Å². The van der Waals surface area contributed by atoms with Crippen LogP contribution >= 0.6 is 0 Å². The largest absolute Gasteiger partial charge is 0.376 e. The second-order valence-corrected chi connectivity index (χ2v) is 6.85. The number of aromatic nitrogens is 4. The summed E-state index contributed by atoms with van der Waals surface area (Å²) in [6.07, 6.45) is 1.90. The average Bonchev–Trinajstić information content (AvgIpc) is 3.24. The molecule has 2 heterocycles. The third-order valence-corrected chi connectivity index (χ3v) is 4.55. The Morgan fingerprint density at radius 2 is 1.85 bits per heavy atom. The van der Waals surface area contributed by atoms with Gasteiger partial charge in [0.05, 0.1) is 25.2 Å². The highest BCUT2D eigenvalue weighted by Gasteiger charge is 2.46. The summed E-state index contributed by atoms with van der Waals surface area (Å²) >= 11 is 0. The molecule has 0 bridgehead atoms. The number of ether oxygens (including phenoxy) is 1. The van der Waals surface area contributed by atoms with Crippen molar-refractivity contribution in [3.63, 3.8) is 0 Å². The van der Waals surface area contributed by atoms with Crippen molar-refractivity contribution in [2.75, 3.05) is 6.61 Å². The van der Waals surface area contributed by atoms with Crippen LogP contribution in [0.3, 0.4) is 0 Å². The molecule has 0 unspecified atom stereocenters. The van der Waals surface area contributed by atoms with Gasteiger partial charge in [-0.25, -0.2) is 0 Å². The molecule has 0 radical (unpaired) electrons. The Balaban J connectivity index is 1.27. The lowest BCUT2D eigenvalue weighted by Gasteiger charge is -2.41. The number of aryl methyl sites for hydroxylation is 1. The van der Waals surface area contributed by atoms with Crippen LogP contribution < -0.4 is 5.73 Å². The summed E-state index contributed by atoms with van der Waals surface area (Å²) in [6.45, 7) is 3.03. The first-order valence-corrected chi connectivity index (χ1v) is 8.63. The SMILES string of the molecule is Cc1nc(Cc2noc(C3(N)CC(COCc4ccccc4)C3)n2)no1. The van der Waals surface area contributed by atoms with Crippen LogP contribution in [-0.2, 0) is 23.3 Å². The van der Waals surface area contributed by atoms with Crippen LogP contribution in [0.15, 0.2) is 39.4 Å². The second kappa shape index (κ2) is 6.97. The van der Waals surface area contributed by atoms with Crippen LogP contribution in [0.1, 0.15) is 41.8 Å². The number of benzene rings is 1. The van der Waals surface area contributed by atoms with Gasteiger partial charge in [0.2, 0.25) is 11.8 Å². The van der Waals surface area contributed by atoms with Gasteiger partial charge in [0.25, 0.3) is 0 Å². The standard InChI is InChI=1S/C18H21N5O3/c1-12-20-15(22-25-12)7-16-21-17(26-23-16)18(19)8-14(9-18)11-24-10-13-5-3-2-4-6-13/h2-6,14H,7-11,19H2,1H3. The molecule has 136 valence electrons. The molecule has 1 aromatic carbocycles. The lowest BCUT2D eigenvalue weighted by atomic mass is 9.69. The zero-order chi connectivity index (χ0) is 18.0. The number of hydrogen-bond acceptors (Lipinski definition) is 8. The molecular weight excluding hydrogens is 334 g/mol. The van der Waals surface area contributed by atoms with Crippen LogP contribution in [0, 0.1) is 12.8 Å². The van der Waals surface area contributed by atoms with E-state index in [4.69, 9.17) is 19.5 Å². The summed E-state index contributed by atoms with van der Waals surface area (Å²) in [6, 6.07) is 10.1. The molecule has 1 aliphatic rings. The highest BCUT2D eigenvalue weighted by Crippen LogP contribution is 2.43. The van der Waals surface area contributed by atoms with Crippen molar-refractivity contribution in [1.82, 2.24) is 20.3 Å². The maximum atomic E-state index is 6.41. The smallest absolute Gasteiger partial charge is 0.246 e. The van der Waals surface area contributed by atoms with Gasteiger partial charge in [-0.05, 0) is 24.3 Å². The summed E-state index contributed by atoms with van der Waals surface area (Å²) in [4.78, 5) is 8.54. The van der Waals surface area contributed by atoms with Gasteiger partial charge >= 0.3 is 0 Å². The van der Waals surface area contributed by atoms with Gasteiger partial charge in [-0.2, -0.15) is 9.97 Å². The fraction of sp³-hybridized carbons (Fsp3) is 0.444. The quantitative estimate of drug-likeness (QED) is 0.686. The van der Waals surface area contributed by atoms with Gasteiger partial charge in [0.15, 0.2) is 11.6 Å². The molecule has 0 spiro atoms.